The van der Waals surface area contributed by atoms with Crippen molar-refractivity contribution >= 4 is 11.7 Å². The molecular weight excluding hydrogens is 394 g/mol. The van der Waals surface area contributed by atoms with Crippen molar-refractivity contribution in [3.8, 4) is 11.5 Å². The maximum Gasteiger partial charge on any atom is 0.321 e. The maximum atomic E-state index is 12.7. The number of piperidine rings is 1. The fraction of sp³-hybridized carbons (Fsp3) is 0.458. The molecule has 2 heterocycles. The standard InChI is InChI=1S/C24H31N3O4/c1-16-6-5-7-17(2)23(16)26-24(29)27-12-10-18(11-13-27)25-14-19(28)22-15-30-20-8-3-4-9-21(20)31-22/h3-9,18-19,22,25,28H,10-15H2,1-2H3,(H,26,29). The number of aliphatic hydroxyl groups is 1. The molecule has 4 rings (SSSR count). The van der Waals surface area contributed by atoms with Crippen molar-refractivity contribution in [3.05, 3.63) is 53.6 Å². The van der Waals surface area contributed by atoms with Crippen molar-refractivity contribution in [2.75, 3.05) is 31.6 Å². The molecule has 2 atom stereocenters. The third-order valence-corrected chi connectivity index (χ3v) is 6.07. The summed E-state index contributed by atoms with van der Waals surface area (Å²) in [5.41, 5.74) is 3.03. The highest BCUT2D eigenvalue weighted by atomic mass is 16.6. The highest BCUT2D eigenvalue weighted by Gasteiger charge is 2.29. The fourth-order valence-electron chi connectivity index (χ4n) is 4.13. The van der Waals surface area contributed by atoms with E-state index in [1.165, 1.54) is 0 Å². The van der Waals surface area contributed by atoms with Gasteiger partial charge >= 0.3 is 6.03 Å². The molecule has 1 saturated heterocycles. The molecule has 2 aliphatic rings. The van der Waals surface area contributed by atoms with E-state index in [2.05, 4.69) is 10.6 Å². The molecule has 7 heteroatoms. The van der Waals surface area contributed by atoms with Crippen molar-refractivity contribution in [3.63, 3.8) is 0 Å². The second-order valence-corrected chi connectivity index (χ2v) is 8.35. The Morgan fingerprint density at radius 1 is 1.10 bits per heavy atom. The molecule has 2 unspecified atom stereocenters. The molecule has 0 aromatic heterocycles. The number of amides is 2. The van der Waals surface area contributed by atoms with Crippen LogP contribution >= 0.6 is 0 Å². The molecule has 2 aromatic rings. The van der Waals surface area contributed by atoms with Crippen LogP contribution in [0.15, 0.2) is 42.5 Å². The average Bonchev–Trinajstić information content (AvgIpc) is 2.80. The van der Waals surface area contributed by atoms with Crippen molar-refractivity contribution in [2.45, 2.75) is 44.9 Å². The minimum Gasteiger partial charge on any atom is -0.486 e. The Bertz CT molecular complexity index is 891. The zero-order valence-electron chi connectivity index (χ0n) is 18.1. The molecule has 3 N–H and O–H groups in total. The van der Waals surface area contributed by atoms with Gasteiger partial charge in [0.2, 0.25) is 0 Å². The van der Waals surface area contributed by atoms with Crippen molar-refractivity contribution in [2.24, 2.45) is 0 Å². The number of para-hydroxylation sites is 3. The van der Waals surface area contributed by atoms with Gasteiger partial charge in [0.25, 0.3) is 0 Å². The predicted molar refractivity (Wildman–Crippen MR) is 120 cm³/mol. The van der Waals surface area contributed by atoms with Crippen molar-refractivity contribution in [1.29, 1.82) is 0 Å². The Labute approximate surface area is 183 Å². The summed E-state index contributed by atoms with van der Waals surface area (Å²) >= 11 is 0. The number of carbonyl (C=O) groups excluding carboxylic acids is 1. The lowest BCUT2D eigenvalue weighted by Crippen LogP contribution is -2.50. The molecule has 166 valence electrons. The SMILES string of the molecule is Cc1cccc(C)c1NC(=O)N1CCC(NCC(O)C2COc3ccccc3O2)CC1. The normalized spacial score (nSPS) is 19.7. The summed E-state index contributed by atoms with van der Waals surface area (Å²) in [7, 11) is 0. The van der Waals surface area contributed by atoms with E-state index in [0.29, 0.717) is 37.7 Å². The Balaban J connectivity index is 1.21. The van der Waals surface area contributed by atoms with E-state index in [9.17, 15) is 9.90 Å². The minimum absolute atomic E-state index is 0.0534. The van der Waals surface area contributed by atoms with E-state index in [0.717, 1.165) is 29.7 Å². The molecule has 1 fully saturated rings. The number of aryl methyl sites for hydroxylation is 2. The number of likely N-dealkylation sites (tertiary alicyclic amines) is 1. The lowest BCUT2D eigenvalue weighted by molar-refractivity contribution is -0.0108. The van der Waals surface area contributed by atoms with E-state index < -0.39 is 12.2 Å². The first kappa shape index (κ1) is 21.5. The lowest BCUT2D eigenvalue weighted by atomic mass is 10.0. The van der Waals surface area contributed by atoms with Gasteiger partial charge in [0.05, 0.1) is 0 Å². The smallest absolute Gasteiger partial charge is 0.321 e. The number of benzene rings is 2. The summed E-state index contributed by atoms with van der Waals surface area (Å²) in [6.45, 7) is 6.13. The third kappa shape index (κ3) is 5.11. The second-order valence-electron chi connectivity index (χ2n) is 8.35. The monoisotopic (exact) mass is 425 g/mol. The molecule has 7 nitrogen and oxygen atoms in total. The molecule has 2 aliphatic heterocycles. The first-order valence-electron chi connectivity index (χ1n) is 10.9. The number of anilines is 1. The first-order chi connectivity index (χ1) is 15.0. The zero-order chi connectivity index (χ0) is 21.8. The molecule has 0 spiro atoms. The van der Waals surface area contributed by atoms with Crippen LogP contribution in [0.1, 0.15) is 24.0 Å². The van der Waals surface area contributed by atoms with Gasteiger partial charge in [-0.1, -0.05) is 30.3 Å². The zero-order valence-corrected chi connectivity index (χ0v) is 18.1. The number of urea groups is 1. The second kappa shape index (κ2) is 9.58. The quantitative estimate of drug-likeness (QED) is 0.686. The Kier molecular flexibility index (Phi) is 6.63. The van der Waals surface area contributed by atoms with Gasteiger partial charge in [0, 0.05) is 31.4 Å². The molecule has 2 aromatic carbocycles. The maximum absolute atomic E-state index is 12.7. The van der Waals surface area contributed by atoms with Gasteiger partial charge in [-0.2, -0.15) is 0 Å². The van der Waals surface area contributed by atoms with Crippen LogP contribution in [-0.2, 0) is 0 Å². The Morgan fingerprint density at radius 2 is 1.77 bits per heavy atom. The number of ether oxygens (including phenoxy) is 2. The van der Waals surface area contributed by atoms with Crippen LogP contribution < -0.4 is 20.1 Å². The number of carbonyl (C=O) groups is 1. The van der Waals surface area contributed by atoms with Gasteiger partial charge < -0.3 is 30.1 Å². The topological polar surface area (TPSA) is 83.1 Å². The summed E-state index contributed by atoms with van der Waals surface area (Å²) in [6, 6.07) is 13.7. The number of fused-ring (bicyclic) bond motifs is 1. The van der Waals surface area contributed by atoms with Crippen molar-refractivity contribution < 1.29 is 19.4 Å². The summed E-state index contributed by atoms with van der Waals surface area (Å²) in [6.07, 6.45) is 0.625. The number of hydrogen-bond donors (Lipinski definition) is 3. The number of nitrogens with one attached hydrogen (secondary N) is 2. The summed E-state index contributed by atoms with van der Waals surface area (Å²) in [5, 5.41) is 17.0. The van der Waals surface area contributed by atoms with Crippen LogP contribution in [0.2, 0.25) is 0 Å². The summed E-state index contributed by atoms with van der Waals surface area (Å²) in [4.78, 5) is 14.5. The third-order valence-electron chi connectivity index (χ3n) is 6.07. The van der Waals surface area contributed by atoms with Crippen LogP contribution in [0.3, 0.4) is 0 Å². The van der Waals surface area contributed by atoms with Crippen LogP contribution in [0, 0.1) is 13.8 Å². The van der Waals surface area contributed by atoms with E-state index in [-0.39, 0.29) is 12.1 Å². The molecule has 0 radical (unpaired) electrons. The molecule has 0 bridgehead atoms. The predicted octanol–water partition coefficient (Wildman–Crippen LogP) is 3.09. The highest BCUT2D eigenvalue weighted by Crippen LogP contribution is 2.31. The lowest BCUT2D eigenvalue weighted by Gasteiger charge is -2.34. The van der Waals surface area contributed by atoms with E-state index in [4.69, 9.17) is 9.47 Å². The highest BCUT2D eigenvalue weighted by molar-refractivity contribution is 5.91. The number of hydrogen-bond acceptors (Lipinski definition) is 5. The van der Waals surface area contributed by atoms with Gasteiger partial charge in [-0.3, -0.25) is 0 Å². The van der Waals surface area contributed by atoms with Gasteiger partial charge in [0.15, 0.2) is 17.6 Å². The van der Waals surface area contributed by atoms with Crippen molar-refractivity contribution in [1.82, 2.24) is 10.2 Å². The number of aliphatic hydroxyl groups excluding tert-OH is 1. The molecular formula is C24H31N3O4. The van der Waals surface area contributed by atoms with Gasteiger partial charge in [-0.05, 0) is 49.9 Å². The fourth-order valence-corrected chi connectivity index (χ4v) is 4.13. The van der Waals surface area contributed by atoms with E-state index in [1.54, 1.807) is 0 Å². The average molecular weight is 426 g/mol. The molecule has 0 aliphatic carbocycles. The van der Waals surface area contributed by atoms with E-state index >= 15 is 0 Å². The largest absolute Gasteiger partial charge is 0.486 e. The number of nitrogens with zero attached hydrogens (tertiary/aromatic N) is 1. The summed E-state index contributed by atoms with van der Waals surface area (Å²) < 4.78 is 11.6. The Hall–Kier alpha value is -2.77. The van der Waals surface area contributed by atoms with Gasteiger partial charge in [0.1, 0.15) is 12.7 Å². The number of rotatable bonds is 5. The minimum atomic E-state index is -0.668. The molecule has 2 amide bonds. The molecule has 0 saturated carbocycles. The van der Waals surface area contributed by atoms with Gasteiger partial charge in [-0.25, -0.2) is 4.79 Å². The summed E-state index contributed by atoms with van der Waals surface area (Å²) in [5.74, 6) is 1.38. The molecule has 31 heavy (non-hydrogen) atoms. The van der Waals surface area contributed by atoms with Crippen LogP contribution in [0.5, 0.6) is 11.5 Å². The first-order valence-corrected chi connectivity index (χ1v) is 10.9. The van der Waals surface area contributed by atoms with Gasteiger partial charge in [-0.15, -0.1) is 0 Å². The van der Waals surface area contributed by atoms with Crippen LogP contribution in [0.25, 0.3) is 0 Å². The van der Waals surface area contributed by atoms with Crippen LogP contribution in [0.4, 0.5) is 10.5 Å². The van der Waals surface area contributed by atoms with E-state index in [1.807, 2.05) is 61.2 Å². The Morgan fingerprint density at radius 3 is 2.48 bits per heavy atom. The van der Waals surface area contributed by atoms with Crippen LogP contribution in [-0.4, -0.2) is 60.5 Å².